The van der Waals surface area contributed by atoms with Crippen molar-refractivity contribution in [3.8, 4) is 23.0 Å². The number of ether oxygens (including phenoxy) is 2. The second-order valence-corrected chi connectivity index (χ2v) is 6.81. The Labute approximate surface area is 175 Å². The summed E-state index contributed by atoms with van der Waals surface area (Å²) in [7, 11) is 0. The summed E-state index contributed by atoms with van der Waals surface area (Å²) >= 11 is 5.28. The molecule has 0 unspecified atom stereocenters. The number of nitrogens with zero attached hydrogens (tertiary/aromatic N) is 2. The second-order valence-electron chi connectivity index (χ2n) is 6.40. The quantitative estimate of drug-likeness (QED) is 0.486. The van der Waals surface area contributed by atoms with Crippen molar-refractivity contribution < 1.29 is 18.7 Å². The third-order valence-corrected chi connectivity index (χ3v) is 4.60. The van der Waals surface area contributed by atoms with Crippen molar-refractivity contribution in [3.05, 3.63) is 66.4 Å². The topological polar surface area (TPSA) is 98.5 Å². The summed E-state index contributed by atoms with van der Waals surface area (Å²) in [6.07, 6.45) is 1.66. The highest BCUT2D eigenvalue weighted by molar-refractivity contribution is 7.80. The Kier molecular flexibility index (Phi) is 4.49. The van der Waals surface area contributed by atoms with Crippen LogP contribution in [0.4, 0.5) is 5.69 Å². The summed E-state index contributed by atoms with van der Waals surface area (Å²) in [5.41, 5.74) is 2.99. The van der Waals surface area contributed by atoms with E-state index in [1.165, 1.54) is 0 Å². The van der Waals surface area contributed by atoms with Gasteiger partial charge in [-0.3, -0.25) is 10.1 Å². The Morgan fingerprint density at radius 2 is 1.93 bits per heavy atom. The van der Waals surface area contributed by atoms with Gasteiger partial charge in [0.05, 0.1) is 0 Å². The average molecular weight is 418 g/mol. The molecular formula is C21H14N4O4S. The van der Waals surface area contributed by atoms with E-state index < -0.39 is 0 Å². The van der Waals surface area contributed by atoms with Gasteiger partial charge in [-0.15, -0.1) is 0 Å². The third-order valence-electron chi connectivity index (χ3n) is 4.39. The van der Waals surface area contributed by atoms with E-state index in [-0.39, 0.29) is 17.8 Å². The number of oxazole rings is 1. The van der Waals surface area contributed by atoms with E-state index >= 15 is 0 Å². The molecule has 5 rings (SSSR count). The standard InChI is InChI=1S/C21H14N4O4S/c26-19(12-6-7-15-17(10-12)28-11-27-15)25-21(30)23-14-4-1-3-13(9-14)20-24-18-16(29-20)5-2-8-22-18/h1-10H,11H2,(H2,23,25,26,30). The van der Waals surface area contributed by atoms with Crippen molar-refractivity contribution in [2.75, 3.05) is 12.1 Å². The monoisotopic (exact) mass is 418 g/mol. The molecule has 1 aliphatic heterocycles. The van der Waals surface area contributed by atoms with Crippen molar-refractivity contribution in [1.29, 1.82) is 0 Å². The van der Waals surface area contributed by atoms with Gasteiger partial charge in [-0.05, 0) is 60.7 Å². The van der Waals surface area contributed by atoms with Crippen molar-refractivity contribution in [1.82, 2.24) is 15.3 Å². The van der Waals surface area contributed by atoms with Gasteiger partial charge in [0.25, 0.3) is 5.91 Å². The van der Waals surface area contributed by atoms with Gasteiger partial charge < -0.3 is 19.2 Å². The summed E-state index contributed by atoms with van der Waals surface area (Å²) in [4.78, 5) is 21.0. The minimum atomic E-state index is -0.355. The summed E-state index contributed by atoms with van der Waals surface area (Å²) in [6.45, 7) is 0.146. The number of carbonyl (C=O) groups excluding carboxylic acids is 1. The highest BCUT2D eigenvalue weighted by Gasteiger charge is 2.17. The van der Waals surface area contributed by atoms with Crippen LogP contribution in [0.5, 0.6) is 11.5 Å². The molecule has 8 nitrogen and oxygen atoms in total. The van der Waals surface area contributed by atoms with E-state index in [2.05, 4.69) is 20.6 Å². The Hall–Kier alpha value is -3.98. The molecule has 3 heterocycles. The lowest BCUT2D eigenvalue weighted by molar-refractivity contribution is 0.0977. The zero-order valence-corrected chi connectivity index (χ0v) is 16.2. The molecule has 9 heteroatoms. The summed E-state index contributed by atoms with van der Waals surface area (Å²) < 4.78 is 16.3. The van der Waals surface area contributed by atoms with Crippen molar-refractivity contribution >= 4 is 40.2 Å². The van der Waals surface area contributed by atoms with Crippen LogP contribution in [0.25, 0.3) is 22.7 Å². The zero-order chi connectivity index (χ0) is 20.5. The first-order valence-corrected chi connectivity index (χ1v) is 9.40. The zero-order valence-electron chi connectivity index (χ0n) is 15.4. The molecule has 1 amide bonds. The summed E-state index contributed by atoms with van der Waals surface area (Å²) in [6, 6.07) is 15.9. The molecule has 2 aromatic heterocycles. The number of pyridine rings is 1. The fraction of sp³-hybridized carbons (Fsp3) is 0.0476. The molecule has 148 valence electrons. The van der Waals surface area contributed by atoms with Gasteiger partial charge in [-0.1, -0.05) is 6.07 Å². The molecule has 0 aliphatic carbocycles. The predicted octanol–water partition coefficient (Wildman–Crippen LogP) is 3.75. The van der Waals surface area contributed by atoms with Gasteiger partial charge in [-0.25, -0.2) is 4.98 Å². The first kappa shape index (κ1) is 18.1. The number of hydrogen-bond donors (Lipinski definition) is 2. The third kappa shape index (κ3) is 3.53. The second kappa shape index (κ2) is 7.45. The molecule has 4 aromatic rings. The first-order valence-electron chi connectivity index (χ1n) is 9.00. The highest BCUT2D eigenvalue weighted by Crippen LogP contribution is 2.32. The van der Waals surface area contributed by atoms with Gasteiger partial charge in [0, 0.05) is 23.0 Å². The number of thiocarbonyl (C=S) groups is 1. The predicted molar refractivity (Wildman–Crippen MR) is 113 cm³/mol. The Bertz CT molecular complexity index is 1250. The molecule has 0 saturated heterocycles. The summed E-state index contributed by atoms with van der Waals surface area (Å²) in [5, 5.41) is 5.81. The lowest BCUT2D eigenvalue weighted by atomic mass is 10.2. The number of anilines is 1. The van der Waals surface area contributed by atoms with Crippen LogP contribution in [-0.2, 0) is 0 Å². The van der Waals surface area contributed by atoms with Gasteiger partial charge in [0.1, 0.15) is 0 Å². The minimum Gasteiger partial charge on any atom is -0.454 e. The van der Waals surface area contributed by atoms with E-state index in [1.54, 1.807) is 30.5 Å². The van der Waals surface area contributed by atoms with Crippen LogP contribution in [0.1, 0.15) is 10.4 Å². The van der Waals surface area contributed by atoms with Gasteiger partial charge in [-0.2, -0.15) is 4.98 Å². The van der Waals surface area contributed by atoms with E-state index in [0.29, 0.717) is 39.9 Å². The van der Waals surface area contributed by atoms with E-state index in [0.717, 1.165) is 5.56 Å². The molecule has 0 radical (unpaired) electrons. The van der Waals surface area contributed by atoms with E-state index in [1.807, 2.05) is 30.3 Å². The van der Waals surface area contributed by atoms with Crippen LogP contribution in [0, 0.1) is 0 Å². The number of amides is 1. The molecule has 0 spiro atoms. The van der Waals surface area contributed by atoms with E-state index in [9.17, 15) is 4.79 Å². The van der Waals surface area contributed by atoms with Crippen molar-refractivity contribution in [2.24, 2.45) is 0 Å². The normalized spacial score (nSPS) is 12.0. The Morgan fingerprint density at radius 3 is 2.83 bits per heavy atom. The molecule has 30 heavy (non-hydrogen) atoms. The number of hydrogen-bond acceptors (Lipinski definition) is 7. The fourth-order valence-corrected chi connectivity index (χ4v) is 3.21. The van der Waals surface area contributed by atoms with Gasteiger partial charge in [0.2, 0.25) is 12.7 Å². The van der Waals surface area contributed by atoms with Crippen LogP contribution < -0.4 is 20.1 Å². The maximum absolute atomic E-state index is 12.5. The van der Waals surface area contributed by atoms with Gasteiger partial charge in [0.15, 0.2) is 27.8 Å². The van der Waals surface area contributed by atoms with Crippen LogP contribution >= 0.6 is 12.2 Å². The first-order chi connectivity index (χ1) is 14.7. The maximum atomic E-state index is 12.5. The Balaban J connectivity index is 1.29. The number of rotatable bonds is 3. The Morgan fingerprint density at radius 1 is 1.03 bits per heavy atom. The fourth-order valence-electron chi connectivity index (χ4n) is 3.00. The summed E-state index contributed by atoms with van der Waals surface area (Å²) in [5.74, 6) is 1.23. The van der Waals surface area contributed by atoms with Crippen LogP contribution in [-0.4, -0.2) is 27.8 Å². The molecule has 0 atom stereocenters. The highest BCUT2D eigenvalue weighted by atomic mass is 32.1. The van der Waals surface area contributed by atoms with Crippen molar-refractivity contribution in [3.63, 3.8) is 0 Å². The molecular weight excluding hydrogens is 404 g/mol. The molecule has 2 aromatic carbocycles. The number of aromatic nitrogens is 2. The average Bonchev–Trinajstić information content (AvgIpc) is 3.40. The molecule has 0 fully saturated rings. The lowest BCUT2D eigenvalue weighted by Gasteiger charge is -2.10. The van der Waals surface area contributed by atoms with Crippen molar-refractivity contribution in [2.45, 2.75) is 0 Å². The SMILES string of the molecule is O=C(NC(=S)Nc1cccc(-c2nc3ncccc3o2)c1)c1ccc2c(c1)OCO2. The molecule has 0 bridgehead atoms. The largest absolute Gasteiger partial charge is 0.454 e. The van der Waals surface area contributed by atoms with Crippen LogP contribution in [0.2, 0.25) is 0 Å². The van der Waals surface area contributed by atoms with Gasteiger partial charge >= 0.3 is 0 Å². The lowest BCUT2D eigenvalue weighted by Crippen LogP contribution is -2.34. The molecule has 0 saturated carbocycles. The molecule has 2 N–H and O–H groups in total. The number of nitrogens with one attached hydrogen (secondary N) is 2. The number of carbonyl (C=O) groups is 1. The number of fused-ring (bicyclic) bond motifs is 2. The number of benzene rings is 2. The van der Waals surface area contributed by atoms with E-state index in [4.69, 9.17) is 26.1 Å². The maximum Gasteiger partial charge on any atom is 0.257 e. The minimum absolute atomic E-state index is 0.146. The van der Waals surface area contributed by atoms with Crippen LogP contribution in [0.3, 0.4) is 0 Å². The molecule has 1 aliphatic rings. The smallest absolute Gasteiger partial charge is 0.257 e. The van der Waals surface area contributed by atoms with Crippen LogP contribution in [0.15, 0.2) is 65.2 Å².